The molecule has 4 amide bonds. The van der Waals surface area contributed by atoms with E-state index in [4.69, 9.17) is 0 Å². The third kappa shape index (κ3) is 1.34. The Morgan fingerprint density at radius 1 is 1.40 bits per heavy atom. The number of carboxylic acids is 1. The molecule has 0 radical (unpaired) electrons. The van der Waals surface area contributed by atoms with Crippen LogP contribution >= 0.6 is 0 Å². The minimum Gasteiger partial charge on any atom is -0.548 e. The van der Waals surface area contributed by atoms with Gasteiger partial charge >= 0.3 is 12.1 Å². The van der Waals surface area contributed by atoms with E-state index < -0.39 is 36.4 Å². The van der Waals surface area contributed by atoms with Crippen molar-refractivity contribution in [1.82, 2.24) is 20.9 Å². The predicted octanol–water partition coefficient (Wildman–Crippen LogP) is -2.88. The van der Waals surface area contributed by atoms with Crippen molar-refractivity contribution in [3.05, 3.63) is 0 Å². The zero-order chi connectivity index (χ0) is 11.2. The maximum Gasteiger partial charge on any atom is 0.321 e. The third-order valence-corrected chi connectivity index (χ3v) is 2.45. The number of rotatable bonds is 2. The first-order valence-electron chi connectivity index (χ1n) is 4.37. The average molecular weight is 213 g/mol. The lowest BCUT2D eigenvalue weighted by Gasteiger charge is -2.28. The Morgan fingerprint density at radius 3 is 2.67 bits per heavy atom. The smallest absolute Gasteiger partial charge is 0.321 e. The number of urea groups is 2. The molecule has 0 unspecified atom stereocenters. The molecular formula is C7H9N4O4-. The van der Waals surface area contributed by atoms with E-state index in [0.717, 1.165) is 4.90 Å². The molecular weight excluding hydrogens is 204 g/mol. The van der Waals surface area contributed by atoms with Crippen molar-refractivity contribution in [2.75, 3.05) is 0 Å². The van der Waals surface area contributed by atoms with E-state index in [0.29, 0.717) is 0 Å². The molecule has 0 aromatic rings. The van der Waals surface area contributed by atoms with E-state index >= 15 is 0 Å². The molecule has 8 heteroatoms. The first-order valence-corrected chi connectivity index (χ1v) is 4.37. The van der Waals surface area contributed by atoms with Gasteiger partial charge in [-0.2, -0.15) is 0 Å². The van der Waals surface area contributed by atoms with Gasteiger partial charge in [-0.3, -0.25) is 4.90 Å². The Hall–Kier alpha value is -1.99. The molecule has 15 heavy (non-hydrogen) atoms. The summed E-state index contributed by atoms with van der Waals surface area (Å²) in [6, 6.07) is -2.09. The van der Waals surface area contributed by atoms with Crippen LogP contribution in [0.1, 0.15) is 6.92 Å². The van der Waals surface area contributed by atoms with Gasteiger partial charge in [-0.15, -0.1) is 0 Å². The number of hydrogen-bond donors (Lipinski definition) is 3. The average Bonchev–Trinajstić information content (AvgIpc) is 2.58. The molecule has 2 fully saturated rings. The fraction of sp³-hybridized carbons (Fsp3) is 0.571. The van der Waals surface area contributed by atoms with Crippen molar-refractivity contribution in [3.63, 3.8) is 0 Å². The number of amides is 4. The maximum atomic E-state index is 11.4. The van der Waals surface area contributed by atoms with E-state index in [9.17, 15) is 19.5 Å². The second-order valence-corrected chi connectivity index (χ2v) is 3.39. The molecule has 0 bridgehead atoms. The number of nitrogens with zero attached hydrogens (tertiary/aromatic N) is 1. The van der Waals surface area contributed by atoms with Crippen molar-refractivity contribution in [3.8, 4) is 0 Å². The number of nitrogens with one attached hydrogen (secondary N) is 3. The van der Waals surface area contributed by atoms with Crippen LogP contribution in [0.2, 0.25) is 0 Å². The highest BCUT2D eigenvalue weighted by atomic mass is 16.4. The highest BCUT2D eigenvalue weighted by Gasteiger charge is 2.47. The second kappa shape index (κ2) is 3.01. The summed E-state index contributed by atoms with van der Waals surface area (Å²) in [5.74, 6) is -1.37. The van der Waals surface area contributed by atoms with Gasteiger partial charge in [0.2, 0.25) is 0 Å². The number of aliphatic carboxylic acids is 1. The molecule has 0 aromatic carbocycles. The highest BCUT2D eigenvalue weighted by Crippen LogP contribution is 2.16. The molecule has 2 rings (SSSR count). The van der Waals surface area contributed by atoms with Crippen LogP contribution in [0.3, 0.4) is 0 Å². The lowest BCUT2D eigenvalue weighted by atomic mass is 10.3. The Labute approximate surface area is 84.6 Å². The Morgan fingerprint density at radius 2 is 2.07 bits per heavy atom. The Kier molecular flexibility index (Phi) is 1.92. The van der Waals surface area contributed by atoms with Crippen molar-refractivity contribution in [1.29, 1.82) is 0 Å². The third-order valence-electron chi connectivity index (χ3n) is 2.45. The molecule has 0 aliphatic carbocycles. The molecule has 2 heterocycles. The number of carbonyl (C=O) groups excluding carboxylic acids is 3. The number of carboxylic acid groups (broad SMARTS) is 1. The van der Waals surface area contributed by atoms with Crippen LogP contribution in [-0.4, -0.2) is 41.3 Å². The fourth-order valence-electron chi connectivity index (χ4n) is 1.69. The van der Waals surface area contributed by atoms with E-state index in [-0.39, 0.29) is 0 Å². The largest absolute Gasteiger partial charge is 0.548 e. The van der Waals surface area contributed by atoms with Crippen LogP contribution in [0.25, 0.3) is 0 Å². The van der Waals surface area contributed by atoms with Gasteiger partial charge in [-0.1, -0.05) is 0 Å². The number of carbonyl (C=O) groups is 3. The number of fused-ring (bicyclic) bond motifs is 1. The lowest BCUT2D eigenvalue weighted by Crippen LogP contribution is -2.54. The molecule has 8 nitrogen and oxygen atoms in total. The summed E-state index contributed by atoms with van der Waals surface area (Å²) in [5, 5.41) is 17.9. The predicted molar refractivity (Wildman–Crippen MR) is 44.1 cm³/mol. The van der Waals surface area contributed by atoms with Gasteiger partial charge in [0.25, 0.3) is 0 Å². The maximum absolute atomic E-state index is 11.4. The first kappa shape index (κ1) is 9.56. The van der Waals surface area contributed by atoms with E-state index in [2.05, 4.69) is 16.0 Å². The highest BCUT2D eigenvalue weighted by molar-refractivity contribution is 5.87. The van der Waals surface area contributed by atoms with Crippen molar-refractivity contribution >= 4 is 18.0 Å². The number of hydrogen-bond acceptors (Lipinski definition) is 4. The topological polar surface area (TPSA) is 114 Å². The second-order valence-electron chi connectivity index (χ2n) is 3.39. The summed E-state index contributed by atoms with van der Waals surface area (Å²) in [7, 11) is 0. The van der Waals surface area contributed by atoms with Crippen molar-refractivity contribution < 1.29 is 19.5 Å². The Bertz CT molecular complexity index is 344. The molecule has 3 N–H and O–H groups in total. The van der Waals surface area contributed by atoms with Gasteiger partial charge < -0.3 is 25.9 Å². The summed E-state index contributed by atoms with van der Waals surface area (Å²) in [5.41, 5.74) is 0. The minimum atomic E-state index is -1.37. The summed E-state index contributed by atoms with van der Waals surface area (Å²) in [6.07, 6.45) is -1.27. The Balaban J connectivity index is 2.20. The van der Waals surface area contributed by atoms with E-state index in [1.807, 2.05) is 0 Å². The normalized spacial score (nSPS) is 30.3. The lowest BCUT2D eigenvalue weighted by molar-refractivity contribution is -0.310. The molecule has 2 saturated heterocycles. The first-order chi connectivity index (χ1) is 7.00. The molecule has 2 aliphatic heterocycles. The molecule has 3 atom stereocenters. The van der Waals surface area contributed by atoms with Crippen LogP contribution in [0, 0.1) is 0 Å². The monoisotopic (exact) mass is 213 g/mol. The standard InChI is InChI=1S/C7H10N4O4/c1-2(5(12)13)11-4-3(9-7(11)15)8-6(14)10-4/h2-4H,1H3,(H,9,15)(H,12,13)(H2,8,10,14)/p-1/t2-,3+,4-/m1/s1. The summed E-state index contributed by atoms with van der Waals surface area (Å²) in [4.78, 5) is 34.0. The molecule has 0 aromatic heterocycles. The van der Waals surface area contributed by atoms with Crippen LogP contribution in [0.4, 0.5) is 9.59 Å². The van der Waals surface area contributed by atoms with Gasteiger partial charge in [0.1, 0.15) is 12.3 Å². The zero-order valence-corrected chi connectivity index (χ0v) is 7.81. The summed E-state index contributed by atoms with van der Waals surface area (Å²) >= 11 is 0. The van der Waals surface area contributed by atoms with Gasteiger partial charge in [0.05, 0.1) is 12.0 Å². The van der Waals surface area contributed by atoms with Crippen molar-refractivity contribution in [2.45, 2.75) is 25.3 Å². The minimum absolute atomic E-state index is 0.444. The van der Waals surface area contributed by atoms with Gasteiger partial charge in [0.15, 0.2) is 0 Å². The summed E-state index contributed by atoms with van der Waals surface area (Å²) in [6.45, 7) is 1.32. The van der Waals surface area contributed by atoms with E-state index in [1.165, 1.54) is 6.92 Å². The van der Waals surface area contributed by atoms with Crippen molar-refractivity contribution in [2.24, 2.45) is 0 Å². The summed E-state index contributed by atoms with van der Waals surface area (Å²) < 4.78 is 0. The quantitative estimate of drug-likeness (QED) is 0.457. The van der Waals surface area contributed by atoms with Crippen LogP contribution in [-0.2, 0) is 4.79 Å². The van der Waals surface area contributed by atoms with E-state index in [1.54, 1.807) is 0 Å². The molecule has 0 spiro atoms. The van der Waals surface area contributed by atoms with Crippen LogP contribution < -0.4 is 21.1 Å². The molecule has 0 saturated carbocycles. The van der Waals surface area contributed by atoms with Crippen LogP contribution in [0.15, 0.2) is 0 Å². The van der Waals surface area contributed by atoms with Crippen LogP contribution in [0.5, 0.6) is 0 Å². The zero-order valence-electron chi connectivity index (χ0n) is 7.81. The fourth-order valence-corrected chi connectivity index (χ4v) is 1.69. The van der Waals surface area contributed by atoms with Gasteiger partial charge in [-0.05, 0) is 6.92 Å². The molecule has 82 valence electrons. The SMILES string of the molecule is C[C@H](C(=O)[O-])N1C(=O)N[C@@H]2NC(=O)N[C@@H]21. The van der Waals surface area contributed by atoms with Gasteiger partial charge in [0, 0.05) is 0 Å². The molecule has 2 aliphatic rings. The van der Waals surface area contributed by atoms with Gasteiger partial charge in [-0.25, -0.2) is 9.59 Å².